The Bertz CT molecular complexity index is 499. The molecule has 0 aliphatic carbocycles. The van der Waals surface area contributed by atoms with Crippen LogP contribution in [0.15, 0.2) is 24.3 Å². The largest absolute Gasteiger partial charge is 0.351 e. The van der Waals surface area contributed by atoms with E-state index in [4.69, 9.17) is 5.73 Å². The van der Waals surface area contributed by atoms with Crippen molar-refractivity contribution in [1.82, 2.24) is 10.2 Å². The zero-order chi connectivity index (χ0) is 15.5. The molecule has 2 rings (SSSR count). The highest BCUT2D eigenvalue weighted by molar-refractivity contribution is 5.78. The van der Waals surface area contributed by atoms with Crippen LogP contribution in [0, 0.1) is 12.3 Å². The summed E-state index contributed by atoms with van der Waals surface area (Å²) in [6.07, 6.45) is 0.957. The summed E-state index contributed by atoms with van der Waals surface area (Å²) in [6, 6.07) is 8.44. The Kier molecular flexibility index (Phi) is 5.01. The molecule has 0 spiro atoms. The van der Waals surface area contributed by atoms with Crippen LogP contribution in [0.1, 0.15) is 31.4 Å². The maximum Gasteiger partial charge on any atom is 0.234 e. The molecule has 0 aromatic heterocycles. The molecule has 1 aromatic rings. The van der Waals surface area contributed by atoms with Crippen LogP contribution in [-0.4, -0.2) is 36.5 Å². The summed E-state index contributed by atoms with van der Waals surface area (Å²) in [4.78, 5) is 14.3. The number of nitrogens with one attached hydrogen (secondary N) is 1. The molecule has 0 bridgehead atoms. The van der Waals surface area contributed by atoms with Gasteiger partial charge in [-0.25, -0.2) is 0 Å². The van der Waals surface area contributed by atoms with Gasteiger partial charge in [-0.1, -0.05) is 43.7 Å². The number of amides is 1. The van der Waals surface area contributed by atoms with Crippen molar-refractivity contribution in [1.29, 1.82) is 0 Å². The Morgan fingerprint density at radius 1 is 1.48 bits per heavy atom. The van der Waals surface area contributed by atoms with E-state index in [2.05, 4.69) is 43.1 Å². The first-order chi connectivity index (χ1) is 9.87. The summed E-state index contributed by atoms with van der Waals surface area (Å²) in [5.74, 6) is 0.0859. The van der Waals surface area contributed by atoms with Crippen molar-refractivity contribution in [2.45, 2.75) is 39.8 Å². The summed E-state index contributed by atoms with van der Waals surface area (Å²) in [6.45, 7) is 9.25. The fourth-order valence-electron chi connectivity index (χ4n) is 2.90. The third kappa shape index (κ3) is 4.55. The number of aryl methyl sites for hydroxylation is 1. The monoisotopic (exact) mass is 289 g/mol. The number of benzene rings is 1. The first kappa shape index (κ1) is 16.0. The van der Waals surface area contributed by atoms with E-state index < -0.39 is 0 Å². The second-order valence-electron chi connectivity index (χ2n) is 6.86. The summed E-state index contributed by atoms with van der Waals surface area (Å²) in [5, 5.41) is 3.00. The molecule has 4 nitrogen and oxygen atoms in total. The second-order valence-corrected chi connectivity index (χ2v) is 6.86. The number of hydrogen-bond acceptors (Lipinski definition) is 3. The van der Waals surface area contributed by atoms with Gasteiger partial charge in [-0.3, -0.25) is 9.69 Å². The van der Waals surface area contributed by atoms with Crippen molar-refractivity contribution in [2.75, 3.05) is 19.6 Å². The molecular weight excluding hydrogens is 262 g/mol. The van der Waals surface area contributed by atoms with Crippen molar-refractivity contribution in [3.05, 3.63) is 35.4 Å². The number of hydrogen-bond donors (Lipinski definition) is 2. The van der Waals surface area contributed by atoms with E-state index in [1.54, 1.807) is 0 Å². The molecule has 1 aromatic carbocycles. The van der Waals surface area contributed by atoms with Gasteiger partial charge in [0.2, 0.25) is 5.91 Å². The Hall–Kier alpha value is -1.39. The number of nitrogens with two attached hydrogens (primary N) is 1. The highest BCUT2D eigenvalue weighted by Crippen LogP contribution is 2.27. The molecule has 1 heterocycles. The minimum absolute atomic E-state index is 0.0784. The van der Waals surface area contributed by atoms with Crippen molar-refractivity contribution in [3.8, 4) is 0 Å². The number of piperidine rings is 1. The molecule has 1 fully saturated rings. The molecule has 1 saturated heterocycles. The number of rotatable bonds is 4. The van der Waals surface area contributed by atoms with Gasteiger partial charge in [-0.15, -0.1) is 0 Å². The zero-order valence-electron chi connectivity index (χ0n) is 13.4. The molecule has 0 radical (unpaired) electrons. The van der Waals surface area contributed by atoms with Crippen LogP contribution in [0.5, 0.6) is 0 Å². The van der Waals surface area contributed by atoms with Gasteiger partial charge in [-0.05, 0) is 24.3 Å². The van der Waals surface area contributed by atoms with Gasteiger partial charge in [0.05, 0.1) is 6.54 Å². The van der Waals surface area contributed by atoms with E-state index in [-0.39, 0.29) is 17.4 Å². The molecule has 1 aliphatic heterocycles. The van der Waals surface area contributed by atoms with Crippen molar-refractivity contribution >= 4 is 5.91 Å². The predicted molar refractivity (Wildman–Crippen MR) is 85.8 cm³/mol. The molecule has 1 atom stereocenters. The van der Waals surface area contributed by atoms with Crippen molar-refractivity contribution < 1.29 is 4.79 Å². The Labute approximate surface area is 127 Å². The molecule has 3 N–H and O–H groups in total. The quantitative estimate of drug-likeness (QED) is 0.886. The van der Waals surface area contributed by atoms with Gasteiger partial charge in [0, 0.05) is 25.7 Å². The average molecular weight is 289 g/mol. The maximum atomic E-state index is 12.1. The molecule has 0 saturated carbocycles. The summed E-state index contributed by atoms with van der Waals surface area (Å²) < 4.78 is 0. The molecule has 1 amide bonds. The Balaban J connectivity index is 1.80. The molecule has 116 valence electrons. The Morgan fingerprint density at radius 2 is 2.24 bits per heavy atom. The van der Waals surface area contributed by atoms with E-state index in [9.17, 15) is 4.79 Å². The number of carbonyl (C=O) groups excluding carboxylic acids is 1. The molecule has 1 unspecified atom stereocenters. The molecular formula is C17H27N3O. The summed E-state index contributed by atoms with van der Waals surface area (Å²) in [7, 11) is 0. The van der Waals surface area contributed by atoms with Crippen LogP contribution in [0.4, 0.5) is 0 Å². The number of carbonyl (C=O) groups is 1. The van der Waals surface area contributed by atoms with Crippen LogP contribution in [0.3, 0.4) is 0 Å². The smallest absolute Gasteiger partial charge is 0.234 e. The number of nitrogens with zero attached hydrogens (tertiary/aromatic N) is 1. The van der Waals surface area contributed by atoms with Gasteiger partial charge >= 0.3 is 0 Å². The molecule has 4 heteroatoms. The van der Waals surface area contributed by atoms with E-state index in [1.807, 2.05) is 12.1 Å². The van der Waals surface area contributed by atoms with Gasteiger partial charge < -0.3 is 11.1 Å². The lowest BCUT2D eigenvalue weighted by atomic mass is 9.80. The first-order valence-corrected chi connectivity index (χ1v) is 7.67. The van der Waals surface area contributed by atoms with E-state index >= 15 is 0 Å². The fourth-order valence-corrected chi connectivity index (χ4v) is 2.90. The molecule has 21 heavy (non-hydrogen) atoms. The van der Waals surface area contributed by atoms with Crippen LogP contribution in [0.25, 0.3) is 0 Å². The minimum Gasteiger partial charge on any atom is -0.351 e. The topological polar surface area (TPSA) is 58.4 Å². The lowest BCUT2D eigenvalue weighted by molar-refractivity contribution is -0.123. The van der Waals surface area contributed by atoms with Gasteiger partial charge in [0.1, 0.15) is 0 Å². The first-order valence-electron chi connectivity index (χ1n) is 7.67. The van der Waals surface area contributed by atoms with Crippen molar-refractivity contribution in [2.24, 2.45) is 11.1 Å². The van der Waals surface area contributed by atoms with Crippen molar-refractivity contribution in [3.63, 3.8) is 0 Å². The lowest BCUT2D eigenvalue weighted by Crippen LogP contribution is -2.54. The van der Waals surface area contributed by atoms with Gasteiger partial charge in [0.25, 0.3) is 0 Å². The summed E-state index contributed by atoms with van der Waals surface area (Å²) >= 11 is 0. The highest BCUT2D eigenvalue weighted by atomic mass is 16.2. The van der Waals surface area contributed by atoms with E-state index in [1.165, 1.54) is 5.56 Å². The standard InChI is InChI=1S/C17H27N3O/c1-13-5-4-6-14(9-13)10-19-16(21)11-20-8-7-15(18)17(2,3)12-20/h4-6,9,15H,7-8,10-12,18H2,1-3H3,(H,19,21). The lowest BCUT2D eigenvalue weighted by Gasteiger charge is -2.42. The third-order valence-corrected chi connectivity index (χ3v) is 4.33. The second kappa shape index (κ2) is 6.58. The van der Waals surface area contributed by atoms with Gasteiger partial charge in [-0.2, -0.15) is 0 Å². The third-order valence-electron chi connectivity index (χ3n) is 4.33. The van der Waals surface area contributed by atoms with Crippen LogP contribution in [0.2, 0.25) is 0 Å². The average Bonchev–Trinajstić information content (AvgIpc) is 2.40. The minimum atomic E-state index is 0.0784. The highest BCUT2D eigenvalue weighted by Gasteiger charge is 2.33. The van der Waals surface area contributed by atoms with Crippen LogP contribution in [-0.2, 0) is 11.3 Å². The maximum absolute atomic E-state index is 12.1. The normalized spacial score (nSPS) is 22.0. The molecule has 1 aliphatic rings. The SMILES string of the molecule is Cc1cccc(CNC(=O)CN2CCC(N)C(C)(C)C2)c1. The zero-order valence-corrected chi connectivity index (χ0v) is 13.4. The van der Waals surface area contributed by atoms with Gasteiger partial charge in [0.15, 0.2) is 0 Å². The summed E-state index contributed by atoms with van der Waals surface area (Å²) in [5.41, 5.74) is 8.56. The fraction of sp³-hybridized carbons (Fsp3) is 0.588. The van der Waals surface area contributed by atoms with Crippen LogP contribution >= 0.6 is 0 Å². The predicted octanol–water partition coefficient (Wildman–Crippen LogP) is 1.67. The Morgan fingerprint density at radius 3 is 2.90 bits per heavy atom. The van der Waals surface area contributed by atoms with E-state index in [0.29, 0.717) is 13.1 Å². The van der Waals surface area contributed by atoms with Crippen LogP contribution < -0.4 is 11.1 Å². The number of likely N-dealkylation sites (tertiary alicyclic amines) is 1. The van der Waals surface area contributed by atoms with E-state index in [0.717, 1.165) is 25.1 Å².